The van der Waals surface area contributed by atoms with E-state index in [0.29, 0.717) is 22.2 Å². The van der Waals surface area contributed by atoms with Crippen LogP contribution in [0.4, 0.5) is 17.6 Å². The topological polar surface area (TPSA) is 93.0 Å². The van der Waals surface area contributed by atoms with Crippen LogP contribution in [0.2, 0.25) is 0 Å². The van der Waals surface area contributed by atoms with Crippen molar-refractivity contribution in [3.05, 3.63) is 136 Å². The fraction of sp³-hybridized carbons (Fsp3) is 0.206. The lowest BCUT2D eigenvalue weighted by Crippen LogP contribution is -2.11. The Bertz CT molecular complexity index is 1760. The van der Waals surface area contributed by atoms with Gasteiger partial charge in [0.25, 0.3) is 0 Å². The zero-order valence-corrected chi connectivity index (χ0v) is 23.9. The van der Waals surface area contributed by atoms with Crippen molar-refractivity contribution in [3.63, 3.8) is 0 Å². The third kappa shape index (κ3) is 7.76. The number of pyridine rings is 3. The lowest BCUT2D eigenvalue weighted by Gasteiger charge is -2.15. The first kappa shape index (κ1) is 32.1. The van der Waals surface area contributed by atoms with Gasteiger partial charge in [0.15, 0.2) is 11.6 Å². The number of fused-ring (bicyclic) bond motifs is 2. The van der Waals surface area contributed by atoms with E-state index in [-0.39, 0.29) is 12.8 Å². The summed E-state index contributed by atoms with van der Waals surface area (Å²) in [7, 11) is 1.00. The summed E-state index contributed by atoms with van der Waals surface area (Å²) in [4.78, 5) is 36.9. The molecule has 1 aliphatic rings. The summed E-state index contributed by atoms with van der Waals surface area (Å²) >= 11 is 0. The highest BCUT2D eigenvalue weighted by Gasteiger charge is 2.19. The van der Waals surface area contributed by atoms with Crippen LogP contribution in [0.25, 0.3) is 11.0 Å². The summed E-state index contributed by atoms with van der Waals surface area (Å²) in [6.45, 7) is 0. The van der Waals surface area contributed by atoms with Crippen molar-refractivity contribution in [2.45, 2.75) is 38.5 Å². The summed E-state index contributed by atoms with van der Waals surface area (Å²) in [6, 6.07) is 14.0. The summed E-state index contributed by atoms with van der Waals surface area (Å²) < 4.78 is 54.3. The van der Waals surface area contributed by atoms with Gasteiger partial charge in [-0.3, -0.25) is 24.5 Å². The second-order valence-corrected chi connectivity index (χ2v) is 9.93. The first-order chi connectivity index (χ1) is 21.3. The Kier molecular flexibility index (Phi) is 11.0. The minimum Gasteiger partial charge on any atom is -0.400 e. The van der Waals surface area contributed by atoms with Crippen molar-refractivity contribution in [2.75, 3.05) is 7.11 Å². The van der Waals surface area contributed by atoms with Gasteiger partial charge in [0.2, 0.25) is 0 Å². The molecule has 0 atom stereocenters. The maximum Gasteiger partial charge on any atom is 0.173 e. The van der Waals surface area contributed by atoms with Crippen LogP contribution < -0.4 is 0 Å². The quantitative estimate of drug-likeness (QED) is 0.174. The van der Waals surface area contributed by atoms with Gasteiger partial charge in [-0.1, -0.05) is 18.2 Å². The van der Waals surface area contributed by atoms with Crippen LogP contribution in [-0.2, 0) is 25.7 Å². The molecule has 10 heteroatoms. The zero-order valence-electron chi connectivity index (χ0n) is 23.9. The number of aliphatic hydroxyl groups excluding tert-OH is 1. The lowest BCUT2D eigenvalue weighted by atomic mass is 9.93. The van der Waals surface area contributed by atoms with Gasteiger partial charge in [-0.25, -0.2) is 17.6 Å². The molecule has 0 radical (unpaired) electrons. The zero-order chi connectivity index (χ0) is 31.6. The van der Waals surface area contributed by atoms with Crippen molar-refractivity contribution in [1.82, 2.24) is 15.0 Å². The monoisotopic (exact) mass is 603 g/mol. The molecule has 0 saturated carbocycles. The Morgan fingerprint density at radius 1 is 0.659 bits per heavy atom. The van der Waals surface area contributed by atoms with Crippen LogP contribution >= 0.6 is 0 Å². The van der Waals surface area contributed by atoms with Crippen LogP contribution in [0, 0.1) is 23.3 Å². The van der Waals surface area contributed by atoms with Crippen LogP contribution in [-0.4, -0.2) is 38.7 Å². The molecule has 5 aromatic rings. The normalized spacial score (nSPS) is 11.9. The molecule has 0 spiro atoms. The molecule has 6 rings (SSSR count). The number of nitrogens with zero attached hydrogens (tertiary/aromatic N) is 3. The third-order valence-electron chi connectivity index (χ3n) is 6.95. The highest BCUT2D eigenvalue weighted by atomic mass is 19.1. The van der Waals surface area contributed by atoms with Gasteiger partial charge in [-0.2, -0.15) is 0 Å². The molecule has 3 aromatic heterocycles. The van der Waals surface area contributed by atoms with Gasteiger partial charge < -0.3 is 5.11 Å². The Morgan fingerprint density at radius 3 is 1.77 bits per heavy atom. The van der Waals surface area contributed by atoms with Gasteiger partial charge in [0, 0.05) is 44.2 Å². The average molecular weight is 604 g/mol. The number of hydrogen-bond acceptors (Lipinski definition) is 6. The van der Waals surface area contributed by atoms with E-state index >= 15 is 0 Å². The van der Waals surface area contributed by atoms with Crippen molar-refractivity contribution >= 4 is 22.6 Å². The molecule has 6 nitrogen and oxygen atoms in total. The third-order valence-corrected chi connectivity index (χ3v) is 6.95. The Labute approximate surface area is 251 Å². The van der Waals surface area contributed by atoms with Crippen LogP contribution in [0.5, 0.6) is 0 Å². The van der Waals surface area contributed by atoms with Gasteiger partial charge in [0.05, 0.1) is 22.2 Å². The van der Waals surface area contributed by atoms with Crippen molar-refractivity contribution in [2.24, 2.45) is 0 Å². The second-order valence-electron chi connectivity index (χ2n) is 9.93. The lowest BCUT2D eigenvalue weighted by molar-refractivity contribution is 0.0976. The van der Waals surface area contributed by atoms with E-state index in [9.17, 15) is 27.2 Å². The van der Waals surface area contributed by atoms with E-state index in [2.05, 4.69) is 15.0 Å². The van der Waals surface area contributed by atoms with E-state index in [1.165, 1.54) is 18.3 Å². The molecular formula is C34H29F4N3O3. The summed E-state index contributed by atoms with van der Waals surface area (Å²) in [6.07, 6.45) is 8.79. The first-order valence-corrected chi connectivity index (χ1v) is 13.9. The number of carbonyl (C=O) groups is 2. The summed E-state index contributed by atoms with van der Waals surface area (Å²) in [5.74, 6) is -4.51. The van der Waals surface area contributed by atoms with E-state index < -0.39 is 46.0 Å². The molecule has 0 aliphatic heterocycles. The molecule has 1 aliphatic carbocycles. The number of ketones is 2. The standard InChI is InChI=1S/C17H15F2NO.C16H10F2N2O.CH4O/c18-13-5-3-6-14(19)17(13)16(21)9-11-8-12-4-1-2-7-15(12)20-10-11;17-11-3-1-4-12(18)16(11)15(21)8-10-7-14-13(20-9-10)5-2-6-19-14;1-2/h3,5-6,8,10H,1-2,4,7,9H2;1-7,9H,8H2;2H,1H3. The summed E-state index contributed by atoms with van der Waals surface area (Å²) in [5, 5.41) is 7.00. The molecule has 3 heterocycles. The van der Waals surface area contributed by atoms with Crippen molar-refractivity contribution < 1.29 is 32.3 Å². The number of aliphatic hydroxyl groups is 1. The van der Waals surface area contributed by atoms with Gasteiger partial charge in [-0.15, -0.1) is 0 Å². The number of hydrogen-bond donors (Lipinski definition) is 1. The van der Waals surface area contributed by atoms with Gasteiger partial charge in [0.1, 0.15) is 23.3 Å². The predicted octanol–water partition coefficient (Wildman–Crippen LogP) is 6.61. The molecular weight excluding hydrogens is 574 g/mol. The fourth-order valence-corrected chi connectivity index (χ4v) is 4.90. The molecule has 2 aromatic carbocycles. The Morgan fingerprint density at radius 2 is 1.18 bits per heavy atom. The number of aromatic nitrogens is 3. The van der Waals surface area contributed by atoms with Crippen LogP contribution in [0.3, 0.4) is 0 Å². The maximum atomic E-state index is 13.6. The molecule has 226 valence electrons. The number of carbonyl (C=O) groups excluding carboxylic acids is 2. The molecule has 0 bridgehead atoms. The van der Waals surface area contributed by atoms with Crippen LogP contribution in [0.1, 0.15) is 55.9 Å². The molecule has 0 amide bonds. The minimum atomic E-state index is -0.855. The first-order valence-electron chi connectivity index (χ1n) is 13.9. The Hall–Kier alpha value is -4.83. The number of rotatable bonds is 6. The molecule has 44 heavy (non-hydrogen) atoms. The SMILES string of the molecule is CO.O=C(Cc1cnc2c(c1)CCCC2)c1c(F)cccc1F.O=C(Cc1cnc2cccnc2c1)c1c(F)cccc1F. The minimum absolute atomic E-state index is 0.0296. The van der Waals surface area contributed by atoms with Crippen molar-refractivity contribution in [1.29, 1.82) is 0 Å². The number of aryl methyl sites for hydroxylation is 2. The van der Waals surface area contributed by atoms with Crippen LogP contribution in [0.15, 0.2) is 79.3 Å². The molecule has 1 N–H and O–H groups in total. The largest absolute Gasteiger partial charge is 0.400 e. The second kappa shape index (κ2) is 15.1. The van der Waals surface area contributed by atoms with Crippen molar-refractivity contribution in [3.8, 4) is 0 Å². The number of benzene rings is 2. The van der Waals surface area contributed by atoms with E-state index in [1.54, 1.807) is 30.6 Å². The van der Waals surface area contributed by atoms with Gasteiger partial charge >= 0.3 is 0 Å². The smallest absolute Gasteiger partial charge is 0.173 e. The van der Waals surface area contributed by atoms with E-state index in [4.69, 9.17) is 5.11 Å². The van der Waals surface area contributed by atoms with E-state index in [1.807, 2.05) is 6.07 Å². The molecule has 0 fully saturated rings. The average Bonchev–Trinajstić information content (AvgIpc) is 3.02. The molecule has 0 saturated heterocycles. The Balaban J connectivity index is 0.000000190. The number of Topliss-reactive ketones (excluding diaryl/α,β-unsaturated/α-hetero) is 2. The van der Waals surface area contributed by atoms with E-state index in [0.717, 1.165) is 68.3 Å². The van der Waals surface area contributed by atoms with Gasteiger partial charge in [-0.05, 0) is 84.8 Å². The maximum absolute atomic E-state index is 13.6. The molecule has 0 unspecified atom stereocenters. The number of halogens is 4. The predicted molar refractivity (Wildman–Crippen MR) is 157 cm³/mol. The highest BCUT2D eigenvalue weighted by molar-refractivity contribution is 5.98. The summed E-state index contributed by atoms with van der Waals surface area (Å²) in [5.41, 5.74) is 3.86. The fourth-order valence-electron chi connectivity index (χ4n) is 4.90. The highest BCUT2D eigenvalue weighted by Crippen LogP contribution is 2.22.